The van der Waals surface area contributed by atoms with E-state index in [0.29, 0.717) is 22.4 Å². The Morgan fingerprint density at radius 1 is 1.24 bits per heavy atom. The molecule has 21 heavy (non-hydrogen) atoms. The van der Waals surface area contributed by atoms with Crippen molar-refractivity contribution >= 4 is 23.2 Å². The molecule has 0 saturated heterocycles. The summed E-state index contributed by atoms with van der Waals surface area (Å²) < 4.78 is 5.24. The zero-order chi connectivity index (χ0) is 14.8. The molecule has 1 aliphatic rings. The van der Waals surface area contributed by atoms with E-state index >= 15 is 0 Å². The number of hydrogen-bond donors (Lipinski definition) is 1. The van der Waals surface area contributed by atoms with Gasteiger partial charge in [-0.15, -0.1) is 0 Å². The summed E-state index contributed by atoms with van der Waals surface area (Å²) in [4.78, 5) is 12.3. The number of benzene rings is 2. The van der Waals surface area contributed by atoms with Gasteiger partial charge < -0.3 is 10.1 Å². The van der Waals surface area contributed by atoms with E-state index in [1.54, 1.807) is 25.3 Å². The van der Waals surface area contributed by atoms with Crippen LogP contribution in [-0.2, 0) is 4.79 Å². The summed E-state index contributed by atoms with van der Waals surface area (Å²) in [5, 5.41) is 3.49. The molecule has 0 unspecified atom stereocenters. The zero-order valence-electron chi connectivity index (χ0n) is 11.7. The Bertz CT molecular complexity index is 657. The molecule has 3 rings (SSSR count). The highest BCUT2D eigenvalue weighted by molar-refractivity contribution is 6.31. The van der Waals surface area contributed by atoms with Crippen molar-refractivity contribution < 1.29 is 9.53 Å². The lowest BCUT2D eigenvalue weighted by Crippen LogP contribution is -2.15. The standard InChI is InChI=1S/C17H16ClNO2/c1-21-16-8-7-12(18)9-15(16)19-17(20)14-10-13(14)11-5-3-2-4-6-11/h2-9,13-14H,10H2,1H3,(H,19,20)/t13-,14+/m0/s1. The van der Waals surface area contributed by atoms with E-state index in [2.05, 4.69) is 17.4 Å². The number of ether oxygens (including phenoxy) is 1. The molecule has 1 saturated carbocycles. The van der Waals surface area contributed by atoms with Gasteiger partial charge in [0, 0.05) is 10.9 Å². The summed E-state index contributed by atoms with van der Waals surface area (Å²) in [6.07, 6.45) is 0.888. The SMILES string of the molecule is COc1ccc(Cl)cc1NC(=O)[C@@H]1C[C@H]1c1ccccc1. The quantitative estimate of drug-likeness (QED) is 0.923. The van der Waals surface area contributed by atoms with Crippen LogP contribution in [0.5, 0.6) is 5.75 Å². The maximum Gasteiger partial charge on any atom is 0.228 e. The Labute approximate surface area is 128 Å². The summed E-state index contributed by atoms with van der Waals surface area (Å²) in [5.41, 5.74) is 1.84. The van der Waals surface area contributed by atoms with Crippen LogP contribution in [0, 0.1) is 5.92 Å². The largest absolute Gasteiger partial charge is 0.495 e. The number of anilines is 1. The van der Waals surface area contributed by atoms with Gasteiger partial charge in [-0.3, -0.25) is 4.79 Å². The topological polar surface area (TPSA) is 38.3 Å². The first-order valence-electron chi connectivity index (χ1n) is 6.88. The number of rotatable bonds is 4. The summed E-state index contributed by atoms with van der Waals surface area (Å²) in [5.74, 6) is 0.974. The molecule has 108 valence electrons. The van der Waals surface area contributed by atoms with E-state index in [-0.39, 0.29) is 11.8 Å². The molecule has 0 aromatic heterocycles. The van der Waals surface area contributed by atoms with E-state index in [0.717, 1.165) is 6.42 Å². The van der Waals surface area contributed by atoms with Gasteiger partial charge in [-0.1, -0.05) is 41.9 Å². The van der Waals surface area contributed by atoms with Crippen LogP contribution in [-0.4, -0.2) is 13.0 Å². The Hall–Kier alpha value is -2.00. The van der Waals surface area contributed by atoms with E-state index in [1.165, 1.54) is 5.56 Å². The lowest BCUT2D eigenvalue weighted by molar-refractivity contribution is -0.117. The molecule has 1 aliphatic carbocycles. The molecule has 1 fully saturated rings. The van der Waals surface area contributed by atoms with Crippen LogP contribution in [0.2, 0.25) is 5.02 Å². The monoisotopic (exact) mass is 301 g/mol. The van der Waals surface area contributed by atoms with Gasteiger partial charge in [0.15, 0.2) is 0 Å². The third kappa shape index (κ3) is 3.03. The van der Waals surface area contributed by atoms with Crippen molar-refractivity contribution in [2.24, 2.45) is 5.92 Å². The fourth-order valence-electron chi connectivity index (χ4n) is 2.56. The van der Waals surface area contributed by atoms with Gasteiger partial charge in [-0.2, -0.15) is 0 Å². The highest BCUT2D eigenvalue weighted by atomic mass is 35.5. The summed E-state index contributed by atoms with van der Waals surface area (Å²) >= 11 is 5.97. The van der Waals surface area contributed by atoms with Crippen molar-refractivity contribution in [3.8, 4) is 5.75 Å². The van der Waals surface area contributed by atoms with Gasteiger partial charge in [0.2, 0.25) is 5.91 Å². The predicted octanol–water partition coefficient (Wildman–Crippen LogP) is 4.09. The van der Waals surface area contributed by atoms with Crippen molar-refractivity contribution in [1.29, 1.82) is 0 Å². The van der Waals surface area contributed by atoms with Crippen LogP contribution >= 0.6 is 11.6 Å². The number of hydrogen-bond acceptors (Lipinski definition) is 2. The number of methoxy groups -OCH3 is 1. The fourth-order valence-corrected chi connectivity index (χ4v) is 2.73. The van der Waals surface area contributed by atoms with Crippen molar-refractivity contribution in [3.63, 3.8) is 0 Å². The number of carbonyl (C=O) groups is 1. The minimum absolute atomic E-state index is 0.0180. The van der Waals surface area contributed by atoms with Crippen LogP contribution in [0.1, 0.15) is 17.9 Å². The molecule has 4 heteroatoms. The van der Waals surface area contributed by atoms with Gasteiger partial charge in [0.05, 0.1) is 12.8 Å². The first kappa shape index (κ1) is 14.0. The summed E-state index contributed by atoms with van der Waals surface area (Å²) in [6.45, 7) is 0. The molecule has 1 amide bonds. The van der Waals surface area contributed by atoms with E-state index in [1.807, 2.05) is 18.2 Å². The van der Waals surface area contributed by atoms with Gasteiger partial charge in [0.25, 0.3) is 0 Å². The molecular weight excluding hydrogens is 286 g/mol. The van der Waals surface area contributed by atoms with Crippen LogP contribution in [0.3, 0.4) is 0 Å². The molecule has 0 spiro atoms. The number of halogens is 1. The van der Waals surface area contributed by atoms with Gasteiger partial charge >= 0.3 is 0 Å². The first-order chi connectivity index (χ1) is 10.2. The lowest BCUT2D eigenvalue weighted by Gasteiger charge is -2.10. The molecule has 0 heterocycles. The van der Waals surface area contributed by atoms with E-state index in [9.17, 15) is 4.79 Å². The van der Waals surface area contributed by atoms with E-state index < -0.39 is 0 Å². The highest BCUT2D eigenvalue weighted by Crippen LogP contribution is 2.48. The fraction of sp³-hybridized carbons (Fsp3) is 0.235. The van der Waals surface area contributed by atoms with Crippen molar-refractivity contribution in [2.75, 3.05) is 12.4 Å². The number of amides is 1. The maximum absolute atomic E-state index is 12.3. The molecule has 2 aromatic carbocycles. The van der Waals surface area contributed by atoms with Gasteiger partial charge in [-0.05, 0) is 36.1 Å². The van der Waals surface area contributed by atoms with Gasteiger partial charge in [-0.25, -0.2) is 0 Å². The summed E-state index contributed by atoms with van der Waals surface area (Å²) in [7, 11) is 1.57. The van der Waals surface area contributed by atoms with Crippen LogP contribution in [0.4, 0.5) is 5.69 Å². The molecule has 3 nitrogen and oxygen atoms in total. The second-order valence-corrected chi connectivity index (χ2v) is 5.63. The third-order valence-corrected chi connectivity index (χ3v) is 4.01. The average Bonchev–Trinajstić information content (AvgIpc) is 3.29. The Kier molecular flexibility index (Phi) is 3.84. The van der Waals surface area contributed by atoms with Crippen molar-refractivity contribution in [3.05, 3.63) is 59.1 Å². The van der Waals surface area contributed by atoms with Crippen LogP contribution < -0.4 is 10.1 Å². The smallest absolute Gasteiger partial charge is 0.228 e. The average molecular weight is 302 g/mol. The second kappa shape index (κ2) is 5.78. The highest BCUT2D eigenvalue weighted by Gasteiger charge is 2.43. The first-order valence-corrected chi connectivity index (χ1v) is 7.26. The third-order valence-electron chi connectivity index (χ3n) is 3.77. The van der Waals surface area contributed by atoms with E-state index in [4.69, 9.17) is 16.3 Å². The molecule has 0 bridgehead atoms. The Morgan fingerprint density at radius 3 is 2.71 bits per heavy atom. The molecule has 0 aliphatic heterocycles. The molecule has 1 N–H and O–H groups in total. The molecular formula is C17H16ClNO2. The minimum atomic E-state index is 0.0180. The number of nitrogens with one attached hydrogen (secondary N) is 1. The zero-order valence-corrected chi connectivity index (χ0v) is 12.4. The molecule has 2 atom stereocenters. The minimum Gasteiger partial charge on any atom is -0.495 e. The summed E-state index contributed by atoms with van der Waals surface area (Å²) in [6, 6.07) is 15.3. The Morgan fingerprint density at radius 2 is 2.00 bits per heavy atom. The Balaban J connectivity index is 1.70. The predicted molar refractivity (Wildman–Crippen MR) is 83.9 cm³/mol. The lowest BCUT2D eigenvalue weighted by atomic mass is 10.1. The van der Waals surface area contributed by atoms with Crippen molar-refractivity contribution in [1.82, 2.24) is 0 Å². The second-order valence-electron chi connectivity index (χ2n) is 5.19. The normalized spacial score (nSPS) is 19.9. The van der Waals surface area contributed by atoms with Crippen LogP contribution in [0.15, 0.2) is 48.5 Å². The molecule has 0 radical (unpaired) electrons. The van der Waals surface area contributed by atoms with Crippen LogP contribution in [0.25, 0.3) is 0 Å². The maximum atomic E-state index is 12.3. The molecule has 2 aromatic rings. The van der Waals surface area contributed by atoms with Gasteiger partial charge in [0.1, 0.15) is 5.75 Å². The van der Waals surface area contributed by atoms with Crippen molar-refractivity contribution in [2.45, 2.75) is 12.3 Å². The number of carbonyl (C=O) groups excluding carboxylic acids is 1.